The number of nitrogens with zero attached hydrogens (tertiary/aromatic N) is 4. The SMILES string of the molecule is CNC(=O)c1cnn([C@H]2CCCN(C(=O)c3cccnc3Nc3cccc(OC)c3)CC2)c1. The third kappa shape index (κ3) is 5.14. The Kier molecular flexibility index (Phi) is 6.87. The summed E-state index contributed by atoms with van der Waals surface area (Å²) in [6.07, 6.45) is 7.53. The van der Waals surface area contributed by atoms with Gasteiger partial charge in [-0.25, -0.2) is 4.98 Å². The summed E-state index contributed by atoms with van der Waals surface area (Å²) in [6.45, 7) is 1.26. The van der Waals surface area contributed by atoms with Gasteiger partial charge < -0.3 is 20.3 Å². The monoisotopic (exact) mass is 448 g/mol. The van der Waals surface area contributed by atoms with Gasteiger partial charge >= 0.3 is 0 Å². The molecule has 33 heavy (non-hydrogen) atoms. The zero-order chi connectivity index (χ0) is 23.2. The van der Waals surface area contributed by atoms with Gasteiger partial charge in [0.25, 0.3) is 11.8 Å². The predicted molar refractivity (Wildman–Crippen MR) is 125 cm³/mol. The zero-order valence-corrected chi connectivity index (χ0v) is 18.8. The van der Waals surface area contributed by atoms with E-state index in [0.29, 0.717) is 30.0 Å². The molecule has 1 aliphatic rings. The van der Waals surface area contributed by atoms with E-state index in [9.17, 15) is 9.59 Å². The fraction of sp³-hybridized carbons (Fsp3) is 0.333. The first-order valence-electron chi connectivity index (χ1n) is 11.0. The lowest BCUT2D eigenvalue weighted by molar-refractivity contribution is 0.0760. The van der Waals surface area contributed by atoms with Gasteiger partial charge in [-0.15, -0.1) is 0 Å². The lowest BCUT2D eigenvalue weighted by atomic mass is 10.1. The molecule has 0 radical (unpaired) electrons. The summed E-state index contributed by atoms with van der Waals surface area (Å²) >= 11 is 0. The number of hydrogen-bond donors (Lipinski definition) is 2. The number of hydrogen-bond acceptors (Lipinski definition) is 6. The van der Waals surface area contributed by atoms with Gasteiger partial charge in [-0.05, 0) is 43.5 Å². The largest absolute Gasteiger partial charge is 0.497 e. The molecule has 2 N–H and O–H groups in total. The number of likely N-dealkylation sites (tertiary alicyclic amines) is 1. The Balaban J connectivity index is 1.46. The molecule has 0 unspecified atom stereocenters. The van der Waals surface area contributed by atoms with Crippen LogP contribution in [-0.2, 0) is 0 Å². The minimum absolute atomic E-state index is 0.0549. The Morgan fingerprint density at radius 1 is 1.15 bits per heavy atom. The molecule has 3 heterocycles. The van der Waals surface area contributed by atoms with E-state index in [2.05, 4.69) is 20.7 Å². The minimum Gasteiger partial charge on any atom is -0.497 e. The van der Waals surface area contributed by atoms with Crippen LogP contribution in [0.1, 0.15) is 46.0 Å². The molecule has 172 valence electrons. The summed E-state index contributed by atoms with van der Waals surface area (Å²) in [7, 11) is 3.22. The Morgan fingerprint density at radius 3 is 2.85 bits per heavy atom. The first-order valence-corrected chi connectivity index (χ1v) is 11.0. The molecular weight excluding hydrogens is 420 g/mol. The van der Waals surface area contributed by atoms with E-state index in [1.807, 2.05) is 33.8 Å². The number of carbonyl (C=O) groups excluding carboxylic acids is 2. The van der Waals surface area contributed by atoms with E-state index in [1.54, 1.807) is 44.9 Å². The van der Waals surface area contributed by atoms with Crippen molar-refractivity contribution in [2.24, 2.45) is 0 Å². The van der Waals surface area contributed by atoms with Gasteiger partial charge in [-0.2, -0.15) is 5.10 Å². The van der Waals surface area contributed by atoms with E-state index < -0.39 is 0 Å². The highest BCUT2D eigenvalue weighted by Crippen LogP contribution is 2.26. The van der Waals surface area contributed by atoms with Crippen molar-refractivity contribution in [1.82, 2.24) is 25.0 Å². The molecular formula is C24H28N6O3. The van der Waals surface area contributed by atoms with E-state index >= 15 is 0 Å². The number of carbonyl (C=O) groups is 2. The number of anilines is 2. The Hall–Kier alpha value is -3.88. The second-order valence-corrected chi connectivity index (χ2v) is 7.92. The summed E-state index contributed by atoms with van der Waals surface area (Å²) in [5.41, 5.74) is 1.86. The lowest BCUT2D eigenvalue weighted by Crippen LogP contribution is -2.32. The quantitative estimate of drug-likeness (QED) is 0.600. The minimum atomic E-state index is -0.153. The molecule has 0 bridgehead atoms. The van der Waals surface area contributed by atoms with Crippen LogP contribution >= 0.6 is 0 Å². The molecule has 4 rings (SSSR count). The van der Waals surface area contributed by atoms with Gasteiger partial charge in [0, 0.05) is 44.3 Å². The van der Waals surface area contributed by atoms with Gasteiger partial charge in [0.1, 0.15) is 11.6 Å². The third-order valence-electron chi connectivity index (χ3n) is 5.82. The van der Waals surface area contributed by atoms with Crippen molar-refractivity contribution in [3.63, 3.8) is 0 Å². The average Bonchev–Trinajstić information content (AvgIpc) is 3.21. The van der Waals surface area contributed by atoms with Crippen LogP contribution in [0.15, 0.2) is 55.0 Å². The van der Waals surface area contributed by atoms with Crippen molar-refractivity contribution in [2.45, 2.75) is 25.3 Å². The molecule has 1 aromatic carbocycles. The van der Waals surface area contributed by atoms with Gasteiger partial charge in [0.15, 0.2) is 0 Å². The second kappa shape index (κ2) is 10.2. The molecule has 1 aliphatic heterocycles. The maximum absolute atomic E-state index is 13.4. The molecule has 3 aromatic rings. The standard InChI is InChI=1S/C24H28N6O3/c1-25-23(31)17-15-27-30(16-17)19-7-5-12-29(13-10-19)24(32)21-9-4-11-26-22(21)28-18-6-3-8-20(14-18)33-2/h3-4,6,8-9,11,14-16,19H,5,7,10,12-13H2,1-2H3,(H,25,31)(H,26,28)/t19-/m0/s1. The van der Waals surface area contributed by atoms with E-state index in [1.165, 1.54) is 0 Å². The Labute approximate surface area is 192 Å². The van der Waals surface area contributed by atoms with Gasteiger partial charge in [0.2, 0.25) is 0 Å². The average molecular weight is 449 g/mol. The normalized spacial score (nSPS) is 16.1. The summed E-state index contributed by atoms with van der Waals surface area (Å²) in [4.78, 5) is 31.5. The molecule has 0 aliphatic carbocycles. The number of pyridine rings is 1. The third-order valence-corrected chi connectivity index (χ3v) is 5.82. The summed E-state index contributed by atoms with van der Waals surface area (Å²) in [5, 5.41) is 10.2. The number of amides is 2. The molecule has 2 aromatic heterocycles. The van der Waals surface area contributed by atoms with E-state index in [0.717, 1.165) is 30.7 Å². The number of benzene rings is 1. The molecule has 1 atom stereocenters. The maximum Gasteiger partial charge on any atom is 0.257 e. The number of rotatable bonds is 6. The molecule has 1 saturated heterocycles. The highest BCUT2D eigenvalue weighted by atomic mass is 16.5. The van der Waals surface area contributed by atoms with Crippen molar-refractivity contribution >= 4 is 23.3 Å². The van der Waals surface area contributed by atoms with Crippen LogP contribution in [0, 0.1) is 0 Å². The molecule has 2 amide bonds. The number of nitrogens with one attached hydrogen (secondary N) is 2. The first kappa shape index (κ1) is 22.3. The van der Waals surface area contributed by atoms with Crippen LogP contribution in [0.5, 0.6) is 5.75 Å². The first-order chi connectivity index (χ1) is 16.1. The van der Waals surface area contributed by atoms with Crippen molar-refractivity contribution < 1.29 is 14.3 Å². The van der Waals surface area contributed by atoms with Crippen molar-refractivity contribution in [1.29, 1.82) is 0 Å². The van der Waals surface area contributed by atoms with Crippen molar-refractivity contribution in [3.8, 4) is 5.75 Å². The molecule has 0 spiro atoms. The van der Waals surface area contributed by atoms with E-state index in [4.69, 9.17) is 4.74 Å². The fourth-order valence-corrected chi connectivity index (χ4v) is 4.03. The van der Waals surface area contributed by atoms with Crippen LogP contribution < -0.4 is 15.4 Å². The zero-order valence-electron chi connectivity index (χ0n) is 18.8. The summed E-state index contributed by atoms with van der Waals surface area (Å²) in [6, 6.07) is 11.2. The predicted octanol–water partition coefficient (Wildman–Crippen LogP) is 3.26. The van der Waals surface area contributed by atoms with Gasteiger partial charge in [0.05, 0.1) is 30.5 Å². The maximum atomic E-state index is 13.4. The molecule has 0 saturated carbocycles. The second-order valence-electron chi connectivity index (χ2n) is 7.92. The highest BCUT2D eigenvalue weighted by molar-refractivity contribution is 5.99. The number of aromatic nitrogens is 3. The van der Waals surface area contributed by atoms with Crippen molar-refractivity contribution in [2.75, 3.05) is 32.6 Å². The lowest BCUT2D eigenvalue weighted by Gasteiger charge is -2.22. The van der Waals surface area contributed by atoms with Crippen molar-refractivity contribution in [3.05, 3.63) is 66.1 Å². The summed E-state index contributed by atoms with van der Waals surface area (Å²) < 4.78 is 7.13. The topological polar surface area (TPSA) is 101 Å². The highest BCUT2D eigenvalue weighted by Gasteiger charge is 2.25. The van der Waals surface area contributed by atoms with Gasteiger partial charge in [-0.1, -0.05) is 6.07 Å². The molecule has 9 nitrogen and oxygen atoms in total. The summed E-state index contributed by atoms with van der Waals surface area (Å²) in [5.74, 6) is 1.03. The van der Waals surface area contributed by atoms with E-state index in [-0.39, 0.29) is 17.9 Å². The van der Waals surface area contributed by atoms with Crippen LogP contribution in [0.4, 0.5) is 11.5 Å². The Bertz CT molecular complexity index is 1130. The van der Waals surface area contributed by atoms with Crippen LogP contribution in [0.2, 0.25) is 0 Å². The smallest absolute Gasteiger partial charge is 0.257 e. The molecule has 1 fully saturated rings. The van der Waals surface area contributed by atoms with Crippen LogP contribution in [-0.4, -0.2) is 58.7 Å². The Morgan fingerprint density at radius 2 is 2.03 bits per heavy atom. The van der Waals surface area contributed by atoms with Crippen LogP contribution in [0.3, 0.4) is 0 Å². The fourth-order valence-electron chi connectivity index (χ4n) is 4.03. The number of ether oxygens (including phenoxy) is 1. The van der Waals surface area contributed by atoms with Crippen LogP contribution in [0.25, 0.3) is 0 Å². The number of methoxy groups -OCH3 is 1. The molecule has 9 heteroatoms. The van der Waals surface area contributed by atoms with Gasteiger partial charge in [-0.3, -0.25) is 14.3 Å².